The summed E-state index contributed by atoms with van der Waals surface area (Å²) in [5, 5.41) is 3.03. The summed E-state index contributed by atoms with van der Waals surface area (Å²) in [6.07, 6.45) is 1.82. The van der Waals surface area contributed by atoms with Crippen molar-refractivity contribution in [2.45, 2.75) is 57.7 Å². The maximum Gasteiger partial charge on any atom is 0.407 e. The molecule has 30 heavy (non-hydrogen) atoms. The summed E-state index contributed by atoms with van der Waals surface area (Å²) in [7, 11) is 0. The van der Waals surface area contributed by atoms with Gasteiger partial charge in [-0.25, -0.2) is 4.79 Å². The van der Waals surface area contributed by atoms with Gasteiger partial charge in [-0.1, -0.05) is 38.1 Å². The summed E-state index contributed by atoms with van der Waals surface area (Å²) in [6.45, 7) is 3.99. The van der Waals surface area contributed by atoms with Crippen LogP contribution in [0.5, 0.6) is 11.5 Å². The molecule has 0 aliphatic carbocycles. The standard InChI is InChI=1S/C23H25BrN2O4/c1-3-14(4-2)29-23(28)25-17-12-13-20(27)26-21(17)15-8-5-6-10-18(15)30-19-11-7-9-16(24)22(19)26/h5-11,14,17,21H,3-4,12-13H2,1-2H3,(H,25,28)/t17-,21+/m1/s1. The Hall–Kier alpha value is -2.54. The number of anilines is 1. The number of piperidine rings is 1. The van der Waals surface area contributed by atoms with Gasteiger partial charge >= 0.3 is 6.09 Å². The van der Waals surface area contributed by atoms with E-state index in [1.54, 1.807) is 4.90 Å². The van der Waals surface area contributed by atoms with Crippen molar-refractivity contribution in [1.29, 1.82) is 0 Å². The number of nitrogens with one attached hydrogen (secondary N) is 1. The Morgan fingerprint density at radius 2 is 1.93 bits per heavy atom. The van der Waals surface area contributed by atoms with Crippen molar-refractivity contribution in [1.82, 2.24) is 5.32 Å². The highest BCUT2D eigenvalue weighted by atomic mass is 79.9. The molecule has 2 aliphatic heterocycles. The fourth-order valence-corrected chi connectivity index (χ4v) is 4.74. The molecule has 1 saturated heterocycles. The van der Waals surface area contributed by atoms with Crippen molar-refractivity contribution >= 4 is 33.6 Å². The molecule has 0 saturated carbocycles. The fraction of sp³-hybridized carbons (Fsp3) is 0.391. The second kappa shape index (κ2) is 8.68. The molecule has 2 amide bonds. The quantitative estimate of drug-likeness (QED) is 0.618. The molecule has 2 aliphatic rings. The third-order valence-electron chi connectivity index (χ3n) is 5.73. The smallest absolute Gasteiger partial charge is 0.407 e. The van der Waals surface area contributed by atoms with Crippen molar-refractivity contribution in [3.8, 4) is 11.5 Å². The minimum Gasteiger partial charge on any atom is -0.455 e. The van der Waals surface area contributed by atoms with E-state index in [2.05, 4.69) is 21.2 Å². The predicted octanol–water partition coefficient (Wildman–Crippen LogP) is 5.71. The van der Waals surface area contributed by atoms with E-state index in [1.807, 2.05) is 56.3 Å². The third-order valence-corrected chi connectivity index (χ3v) is 6.37. The van der Waals surface area contributed by atoms with Crippen LogP contribution in [0.15, 0.2) is 46.9 Å². The van der Waals surface area contributed by atoms with Crippen LogP contribution in [0, 0.1) is 0 Å². The number of nitrogens with zero attached hydrogens (tertiary/aromatic N) is 1. The summed E-state index contributed by atoms with van der Waals surface area (Å²) in [5.41, 5.74) is 1.55. The van der Waals surface area contributed by atoms with Gasteiger partial charge in [0.1, 0.15) is 17.5 Å². The number of ether oxygens (including phenoxy) is 2. The topological polar surface area (TPSA) is 67.9 Å². The van der Waals surface area contributed by atoms with E-state index in [0.29, 0.717) is 30.0 Å². The lowest BCUT2D eigenvalue weighted by atomic mass is 9.89. The Balaban J connectivity index is 1.75. The number of para-hydroxylation sites is 2. The van der Waals surface area contributed by atoms with Crippen LogP contribution in [0.1, 0.15) is 51.1 Å². The Morgan fingerprint density at radius 3 is 2.70 bits per heavy atom. The van der Waals surface area contributed by atoms with Gasteiger partial charge in [0.25, 0.3) is 0 Å². The van der Waals surface area contributed by atoms with Gasteiger partial charge < -0.3 is 14.8 Å². The molecule has 2 heterocycles. The number of carbonyl (C=O) groups is 2. The predicted molar refractivity (Wildman–Crippen MR) is 118 cm³/mol. The molecule has 0 aromatic heterocycles. The van der Waals surface area contributed by atoms with Gasteiger partial charge in [0, 0.05) is 16.5 Å². The number of alkyl carbamates (subject to hydrolysis) is 1. The van der Waals surface area contributed by atoms with E-state index in [4.69, 9.17) is 9.47 Å². The lowest BCUT2D eigenvalue weighted by Crippen LogP contribution is -2.52. The Kier molecular flexibility index (Phi) is 5.99. The molecular formula is C23H25BrN2O4. The fourth-order valence-electron chi connectivity index (χ4n) is 4.20. The molecule has 2 aromatic rings. The van der Waals surface area contributed by atoms with Crippen molar-refractivity contribution in [3.63, 3.8) is 0 Å². The molecule has 2 atom stereocenters. The Morgan fingerprint density at radius 1 is 1.20 bits per heavy atom. The molecular weight excluding hydrogens is 448 g/mol. The van der Waals surface area contributed by atoms with Gasteiger partial charge in [-0.15, -0.1) is 0 Å². The van der Waals surface area contributed by atoms with Crippen LogP contribution in [0.4, 0.5) is 10.5 Å². The van der Waals surface area contributed by atoms with Crippen LogP contribution in [0.2, 0.25) is 0 Å². The van der Waals surface area contributed by atoms with Gasteiger partial charge in [0.15, 0.2) is 5.75 Å². The highest BCUT2D eigenvalue weighted by Gasteiger charge is 2.43. The first-order valence-corrected chi connectivity index (χ1v) is 11.2. The van der Waals surface area contributed by atoms with E-state index >= 15 is 0 Å². The Bertz CT molecular complexity index is 960. The number of carbonyl (C=O) groups excluding carboxylic acids is 2. The first-order chi connectivity index (χ1) is 14.5. The monoisotopic (exact) mass is 472 g/mol. The first kappa shape index (κ1) is 20.7. The number of rotatable bonds is 4. The van der Waals surface area contributed by atoms with E-state index in [9.17, 15) is 9.59 Å². The number of halogens is 1. The number of fused-ring (bicyclic) bond motifs is 5. The largest absolute Gasteiger partial charge is 0.455 e. The molecule has 0 bridgehead atoms. The third kappa shape index (κ3) is 3.78. The molecule has 158 valence electrons. The number of hydrogen-bond donors (Lipinski definition) is 1. The SMILES string of the molecule is CCC(CC)OC(=O)N[C@@H]1CCC(=O)N2c3c(Br)cccc3Oc3ccccc3[C@@H]12. The molecule has 6 nitrogen and oxygen atoms in total. The van der Waals surface area contributed by atoms with Crippen LogP contribution in [-0.2, 0) is 9.53 Å². The second-order valence-corrected chi connectivity index (χ2v) is 8.42. The zero-order valence-electron chi connectivity index (χ0n) is 17.1. The molecule has 0 radical (unpaired) electrons. The van der Waals surface area contributed by atoms with Crippen molar-refractivity contribution < 1.29 is 19.1 Å². The number of amides is 2. The van der Waals surface area contributed by atoms with Crippen LogP contribution >= 0.6 is 15.9 Å². The summed E-state index contributed by atoms with van der Waals surface area (Å²) < 4.78 is 12.6. The highest BCUT2D eigenvalue weighted by Crippen LogP contribution is 2.50. The summed E-state index contributed by atoms with van der Waals surface area (Å²) >= 11 is 3.59. The van der Waals surface area contributed by atoms with Crippen molar-refractivity contribution in [2.75, 3.05) is 4.90 Å². The average Bonchev–Trinajstić information content (AvgIpc) is 2.90. The van der Waals surface area contributed by atoms with Crippen molar-refractivity contribution in [2.24, 2.45) is 0 Å². The first-order valence-electron chi connectivity index (χ1n) is 10.4. The normalized spacial score (nSPS) is 19.9. The molecule has 4 rings (SSSR count). The zero-order valence-corrected chi connectivity index (χ0v) is 18.6. The number of benzene rings is 2. The molecule has 2 aromatic carbocycles. The summed E-state index contributed by atoms with van der Waals surface area (Å²) in [6, 6.07) is 12.6. The lowest BCUT2D eigenvalue weighted by Gasteiger charge is -2.41. The minimum atomic E-state index is -0.446. The van der Waals surface area contributed by atoms with Crippen LogP contribution in [0.25, 0.3) is 0 Å². The van der Waals surface area contributed by atoms with E-state index < -0.39 is 12.1 Å². The van der Waals surface area contributed by atoms with Gasteiger partial charge in [-0.2, -0.15) is 0 Å². The van der Waals surface area contributed by atoms with E-state index in [0.717, 1.165) is 22.9 Å². The van der Waals surface area contributed by atoms with E-state index in [1.165, 1.54) is 0 Å². The highest BCUT2D eigenvalue weighted by molar-refractivity contribution is 9.10. The van der Waals surface area contributed by atoms with Crippen LogP contribution in [0.3, 0.4) is 0 Å². The van der Waals surface area contributed by atoms with Gasteiger partial charge in [-0.3, -0.25) is 9.69 Å². The van der Waals surface area contributed by atoms with Gasteiger partial charge in [-0.05, 0) is 53.4 Å². The maximum absolute atomic E-state index is 13.1. The summed E-state index contributed by atoms with van der Waals surface area (Å²) in [5.74, 6) is 1.28. The molecule has 0 unspecified atom stereocenters. The molecule has 7 heteroatoms. The maximum atomic E-state index is 13.1. The van der Waals surface area contributed by atoms with Gasteiger partial charge in [0.05, 0.1) is 12.1 Å². The number of hydrogen-bond acceptors (Lipinski definition) is 4. The Labute approximate surface area is 184 Å². The summed E-state index contributed by atoms with van der Waals surface area (Å²) in [4.78, 5) is 27.5. The molecule has 1 fully saturated rings. The minimum absolute atomic E-state index is 0.000127. The zero-order chi connectivity index (χ0) is 21.3. The molecule has 0 spiro atoms. The van der Waals surface area contributed by atoms with Crippen LogP contribution < -0.4 is 15.0 Å². The molecule has 1 N–H and O–H groups in total. The van der Waals surface area contributed by atoms with E-state index in [-0.39, 0.29) is 18.1 Å². The average molecular weight is 473 g/mol. The second-order valence-electron chi connectivity index (χ2n) is 7.57. The van der Waals surface area contributed by atoms with Crippen LogP contribution in [-0.4, -0.2) is 24.1 Å². The van der Waals surface area contributed by atoms with Crippen molar-refractivity contribution in [3.05, 3.63) is 52.5 Å². The van der Waals surface area contributed by atoms with Gasteiger partial charge in [0.2, 0.25) is 5.91 Å². The lowest BCUT2D eigenvalue weighted by molar-refractivity contribution is -0.120.